The molecule has 1 heterocycles. The Bertz CT molecular complexity index is 502. The lowest BCUT2D eigenvalue weighted by Gasteiger charge is -2.21. The molecule has 1 N–H and O–H groups in total. The van der Waals surface area contributed by atoms with Gasteiger partial charge >= 0.3 is 0 Å². The van der Waals surface area contributed by atoms with Crippen molar-refractivity contribution in [3.63, 3.8) is 0 Å². The molecule has 0 aliphatic rings. The lowest BCUT2D eigenvalue weighted by atomic mass is 9.94. The molecule has 2 heteroatoms. The number of nitrogens with one attached hydrogen (secondary N) is 1. The summed E-state index contributed by atoms with van der Waals surface area (Å²) in [6.07, 6.45) is 2.31. The van der Waals surface area contributed by atoms with Gasteiger partial charge in [0.05, 0.1) is 0 Å². The second-order valence-corrected chi connectivity index (χ2v) is 5.92. The van der Waals surface area contributed by atoms with Crippen molar-refractivity contribution in [3.05, 3.63) is 57.3 Å². The Hall–Kier alpha value is -1.12. The summed E-state index contributed by atoms with van der Waals surface area (Å²) in [5, 5.41) is 8.05. The van der Waals surface area contributed by atoms with Crippen LogP contribution in [0.1, 0.15) is 41.6 Å². The first-order valence-corrected chi connectivity index (χ1v) is 7.96. The molecule has 2 aromatic rings. The molecule has 0 aliphatic heterocycles. The first kappa shape index (κ1) is 14.3. The number of hydrogen-bond donors (Lipinski definition) is 1. The average molecular weight is 273 g/mol. The van der Waals surface area contributed by atoms with Gasteiger partial charge in [-0.25, -0.2) is 0 Å². The first-order valence-electron chi connectivity index (χ1n) is 7.02. The van der Waals surface area contributed by atoms with Crippen molar-refractivity contribution < 1.29 is 0 Å². The topological polar surface area (TPSA) is 12.0 Å². The molecule has 0 bridgehead atoms. The molecule has 0 amide bonds. The van der Waals surface area contributed by atoms with E-state index in [-0.39, 0.29) is 0 Å². The number of aryl methyl sites for hydroxylation is 3. The van der Waals surface area contributed by atoms with Gasteiger partial charge in [-0.3, -0.25) is 0 Å². The largest absolute Gasteiger partial charge is 0.310 e. The summed E-state index contributed by atoms with van der Waals surface area (Å²) < 4.78 is 0. The van der Waals surface area contributed by atoms with Crippen LogP contribution in [-0.2, 0) is 6.42 Å². The molecule has 0 aliphatic carbocycles. The maximum absolute atomic E-state index is 3.63. The van der Waals surface area contributed by atoms with Crippen molar-refractivity contribution in [3.8, 4) is 0 Å². The normalized spacial score (nSPS) is 12.6. The Morgan fingerprint density at radius 2 is 2.05 bits per heavy atom. The van der Waals surface area contributed by atoms with Crippen LogP contribution >= 0.6 is 11.3 Å². The average Bonchev–Trinajstić information content (AvgIpc) is 2.91. The molecule has 0 saturated heterocycles. The maximum Gasteiger partial charge on any atom is 0.0326 e. The molecular formula is C17H23NS. The van der Waals surface area contributed by atoms with E-state index in [0.717, 1.165) is 19.4 Å². The minimum Gasteiger partial charge on any atom is -0.310 e. The Kier molecular flexibility index (Phi) is 5.17. The van der Waals surface area contributed by atoms with Gasteiger partial charge in [0.25, 0.3) is 0 Å². The summed E-state index contributed by atoms with van der Waals surface area (Å²) in [5.41, 5.74) is 5.65. The molecule has 0 spiro atoms. The maximum atomic E-state index is 3.63. The molecular weight excluding hydrogens is 250 g/mol. The predicted molar refractivity (Wildman–Crippen MR) is 85.0 cm³/mol. The summed E-state index contributed by atoms with van der Waals surface area (Å²) in [7, 11) is 0. The summed E-state index contributed by atoms with van der Waals surface area (Å²) in [4.78, 5) is 0. The predicted octanol–water partition coefficient (Wildman–Crippen LogP) is 4.65. The lowest BCUT2D eigenvalue weighted by molar-refractivity contribution is 0.513. The Morgan fingerprint density at radius 1 is 1.21 bits per heavy atom. The Morgan fingerprint density at radius 3 is 2.74 bits per heavy atom. The smallest absolute Gasteiger partial charge is 0.0326 e. The SMILES string of the molecule is CCNC(CCc1ccsc1)c1cc(C)ccc1C. The number of hydrogen-bond acceptors (Lipinski definition) is 2. The van der Waals surface area contributed by atoms with Crippen molar-refractivity contribution in [1.82, 2.24) is 5.32 Å². The van der Waals surface area contributed by atoms with E-state index in [0.29, 0.717) is 6.04 Å². The van der Waals surface area contributed by atoms with Gasteiger partial charge in [0, 0.05) is 6.04 Å². The fourth-order valence-corrected chi connectivity index (χ4v) is 3.20. The van der Waals surface area contributed by atoms with E-state index in [1.165, 1.54) is 22.3 Å². The third kappa shape index (κ3) is 3.92. The van der Waals surface area contributed by atoms with E-state index < -0.39 is 0 Å². The highest BCUT2D eigenvalue weighted by Crippen LogP contribution is 2.24. The summed E-state index contributed by atoms with van der Waals surface area (Å²) in [5.74, 6) is 0. The van der Waals surface area contributed by atoms with Crippen LogP contribution in [0.2, 0.25) is 0 Å². The van der Waals surface area contributed by atoms with Crippen LogP contribution in [0.4, 0.5) is 0 Å². The lowest BCUT2D eigenvalue weighted by Crippen LogP contribution is -2.22. The molecule has 19 heavy (non-hydrogen) atoms. The monoisotopic (exact) mass is 273 g/mol. The second kappa shape index (κ2) is 6.88. The fourth-order valence-electron chi connectivity index (χ4n) is 2.50. The van der Waals surface area contributed by atoms with Crippen LogP contribution in [0.25, 0.3) is 0 Å². The molecule has 1 aromatic heterocycles. The third-order valence-electron chi connectivity index (χ3n) is 3.56. The molecule has 0 saturated carbocycles. The Labute approximate surface area is 120 Å². The van der Waals surface area contributed by atoms with E-state index in [2.05, 4.69) is 61.1 Å². The van der Waals surface area contributed by atoms with Gasteiger partial charge in [-0.05, 0) is 66.8 Å². The van der Waals surface area contributed by atoms with Crippen molar-refractivity contribution in [1.29, 1.82) is 0 Å². The van der Waals surface area contributed by atoms with Gasteiger partial charge in [0.15, 0.2) is 0 Å². The number of rotatable bonds is 6. The standard InChI is InChI=1S/C17H23NS/c1-4-18-17(8-7-15-9-10-19-12-15)16-11-13(2)5-6-14(16)3/h5-6,9-12,17-18H,4,7-8H2,1-3H3. The van der Waals surface area contributed by atoms with Crippen LogP contribution < -0.4 is 5.32 Å². The van der Waals surface area contributed by atoms with Gasteiger partial charge in [0.2, 0.25) is 0 Å². The number of benzene rings is 1. The van der Waals surface area contributed by atoms with E-state index in [4.69, 9.17) is 0 Å². The van der Waals surface area contributed by atoms with Crippen LogP contribution in [-0.4, -0.2) is 6.54 Å². The highest BCUT2D eigenvalue weighted by atomic mass is 32.1. The fraction of sp³-hybridized carbons (Fsp3) is 0.412. The van der Waals surface area contributed by atoms with E-state index >= 15 is 0 Å². The van der Waals surface area contributed by atoms with Gasteiger partial charge in [-0.2, -0.15) is 11.3 Å². The number of thiophene rings is 1. The van der Waals surface area contributed by atoms with E-state index in [1.54, 1.807) is 11.3 Å². The summed E-state index contributed by atoms with van der Waals surface area (Å²) in [6, 6.07) is 9.46. The molecule has 1 unspecified atom stereocenters. The molecule has 1 atom stereocenters. The van der Waals surface area contributed by atoms with E-state index in [9.17, 15) is 0 Å². The van der Waals surface area contributed by atoms with Gasteiger partial charge in [0.1, 0.15) is 0 Å². The molecule has 1 nitrogen and oxygen atoms in total. The van der Waals surface area contributed by atoms with Crippen LogP contribution in [0.3, 0.4) is 0 Å². The zero-order chi connectivity index (χ0) is 13.7. The molecule has 0 fully saturated rings. The van der Waals surface area contributed by atoms with Crippen LogP contribution in [0.5, 0.6) is 0 Å². The molecule has 2 rings (SSSR count). The quantitative estimate of drug-likeness (QED) is 0.808. The van der Waals surface area contributed by atoms with Gasteiger partial charge in [-0.15, -0.1) is 0 Å². The second-order valence-electron chi connectivity index (χ2n) is 5.14. The van der Waals surface area contributed by atoms with Gasteiger partial charge < -0.3 is 5.32 Å². The minimum absolute atomic E-state index is 0.463. The van der Waals surface area contributed by atoms with Crippen molar-refractivity contribution in [2.24, 2.45) is 0 Å². The van der Waals surface area contributed by atoms with Crippen molar-refractivity contribution in [2.45, 2.75) is 39.7 Å². The summed E-state index contributed by atoms with van der Waals surface area (Å²) >= 11 is 1.79. The highest BCUT2D eigenvalue weighted by molar-refractivity contribution is 7.07. The van der Waals surface area contributed by atoms with Crippen molar-refractivity contribution in [2.75, 3.05) is 6.54 Å². The van der Waals surface area contributed by atoms with Crippen LogP contribution in [0.15, 0.2) is 35.0 Å². The molecule has 102 valence electrons. The van der Waals surface area contributed by atoms with Crippen molar-refractivity contribution >= 4 is 11.3 Å². The third-order valence-corrected chi connectivity index (χ3v) is 4.29. The Balaban J connectivity index is 2.12. The zero-order valence-corrected chi connectivity index (χ0v) is 12.9. The highest BCUT2D eigenvalue weighted by Gasteiger charge is 2.13. The van der Waals surface area contributed by atoms with E-state index in [1.807, 2.05) is 0 Å². The van der Waals surface area contributed by atoms with Crippen LogP contribution in [0, 0.1) is 13.8 Å². The summed E-state index contributed by atoms with van der Waals surface area (Å²) in [6.45, 7) is 7.58. The molecule has 0 radical (unpaired) electrons. The first-order chi connectivity index (χ1) is 9.20. The minimum atomic E-state index is 0.463. The van der Waals surface area contributed by atoms with Gasteiger partial charge in [-0.1, -0.05) is 30.7 Å². The molecule has 1 aromatic carbocycles. The zero-order valence-electron chi connectivity index (χ0n) is 12.1.